The van der Waals surface area contributed by atoms with Gasteiger partial charge < -0.3 is 10.4 Å². The molecule has 0 fully saturated rings. The number of nitrogens with one attached hydrogen (secondary N) is 1. The van der Waals surface area contributed by atoms with Crippen LogP contribution in [0.15, 0.2) is 23.1 Å². The minimum Gasteiger partial charge on any atom is -0.396 e. The fourth-order valence-electron chi connectivity index (χ4n) is 1.67. The third-order valence-electron chi connectivity index (χ3n) is 2.52. The number of benzene rings is 1. The Morgan fingerprint density at radius 2 is 2.24 bits per heavy atom. The molecule has 2 nitrogen and oxygen atoms in total. The van der Waals surface area contributed by atoms with Gasteiger partial charge in [-0.2, -0.15) is 0 Å². The molecule has 0 bridgehead atoms. The van der Waals surface area contributed by atoms with Gasteiger partial charge in [-0.1, -0.05) is 19.1 Å². The molecule has 1 atom stereocenters. The summed E-state index contributed by atoms with van der Waals surface area (Å²) in [7, 11) is 0. The fourth-order valence-corrected chi connectivity index (χ4v) is 2.77. The zero-order valence-electron chi connectivity index (χ0n) is 10.4. The van der Waals surface area contributed by atoms with Gasteiger partial charge in [-0.05, 0) is 31.5 Å². The van der Waals surface area contributed by atoms with E-state index in [-0.39, 0.29) is 18.5 Å². The summed E-state index contributed by atoms with van der Waals surface area (Å²) in [6.07, 6.45) is 0.689. The molecule has 2 N–H and O–H groups in total. The molecule has 4 heteroatoms. The largest absolute Gasteiger partial charge is 0.396 e. The van der Waals surface area contributed by atoms with E-state index in [1.165, 1.54) is 17.8 Å². The molecule has 1 rings (SSSR count). The van der Waals surface area contributed by atoms with Gasteiger partial charge in [0.1, 0.15) is 5.82 Å². The van der Waals surface area contributed by atoms with Gasteiger partial charge in [-0.3, -0.25) is 0 Å². The third kappa shape index (κ3) is 4.30. The van der Waals surface area contributed by atoms with E-state index in [0.29, 0.717) is 11.3 Å². The number of hydrogen-bond donors (Lipinski definition) is 2. The first-order valence-electron chi connectivity index (χ1n) is 5.96. The second-order valence-electron chi connectivity index (χ2n) is 3.86. The van der Waals surface area contributed by atoms with E-state index >= 15 is 0 Å². The van der Waals surface area contributed by atoms with E-state index < -0.39 is 0 Å². The highest BCUT2D eigenvalue weighted by molar-refractivity contribution is 7.99. The van der Waals surface area contributed by atoms with Crippen LogP contribution in [-0.2, 0) is 0 Å². The minimum absolute atomic E-state index is 0.146. The number of hydrogen-bond acceptors (Lipinski definition) is 3. The number of thioether (sulfide) groups is 1. The van der Waals surface area contributed by atoms with Gasteiger partial charge in [0.2, 0.25) is 0 Å². The van der Waals surface area contributed by atoms with Crippen molar-refractivity contribution in [1.29, 1.82) is 0 Å². The number of aliphatic hydroxyl groups is 1. The van der Waals surface area contributed by atoms with Crippen LogP contribution in [0.4, 0.5) is 4.39 Å². The molecule has 0 saturated carbocycles. The van der Waals surface area contributed by atoms with Crippen LogP contribution < -0.4 is 5.32 Å². The van der Waals surface area contributed by atoms with Crippen LogP contribution in [0, 0.1) is 5.82 Å². The van der Waals surface area contributed by atoms with Gasteiger partial charge in [0.25, 0.3) is 0 Å². The molecule has 1 unspecified atom stereocenters. The number of halogens is 1. The van der Waals surface area contributed by atoms with Crippen molar-refractivity contribution >= 4 is 11.8 Å². The molecule has 0 heterocycles. The topological polar surface area (TPSA) is 32.3 Å². The summed E-state index contributed by atoms with van der Waals surface area (Å²) in [5.41, 5.74) is 0.995. The Bertz CT molecular complexity index is 346. The number of rotatable bonds is 7. The standard InChI is InChI=1S/C13H20FNOS/c1-3-15-10(2)11-6-4-7-12(14)13(11)17-9-5-8-16/h4,6-7,10,15-16H,3,5,8-9H2,1-2H3. The van der Waals surface area contributed by atoms with Crippen LogP contribution in [-0.4, -0.2) is 24.0 Å². The smallest absolute Gasteiger partial charge is 0.137 e. The zero-order valence-corrected chi connectivity index (χ0v) is 11.2. The van der Waals surface area contributed by atoms with Crippen LogP contribution in [0.3, 0.4) is 0 Å². The summed E-state index contributed by atoms with van der Waals surface area (Å²) in [5, 5.41) is 12.0. The molecule has 0 aliphatic heterocycles. The molecular formula is C13H20FNOS. The summed E-state index contributed by atoms with van der Waals surface area (Å²) >= 11 is 1.48. The van der Waals surface area contributed by atoms with Gasteiger partial charge in [0, 0.05) is 23.3 Å². The average Bonchev–Trinajstić information content (AvgIpc) is 2.31. The highest BCUT2D eigenvalue weighted by atomic mass is 32.2. The van der Waals surface area contributed by atoms with Crippen LogP contribution >= 0.6 is 11.8 Å². The molecule has 96 valence electrons. The van der Waals surface area contributed by atoms with Crippen molar-refractivity contribution in [3.05, 3.63) is 29.6 Å². The molecule has 0 amide bonds. The summed E-state index contributed by atoms with van der Waals surface area (Å²) in [6.45, 7) is 5.08. The lowest BCUT2D eigenvalue weighted by molar-refractivity contribution is 0.296. The van der Waals surface area contributed by atoms with Crippen molar-refractivity contribution in [1.82, 2.24) is 5.32 Å². The van der Waals surface area contributed by atoms with E-state index in [9.17, 15) is 4.39 Å². The second kappa shape index (κ2) is 7.69. The Labute approximate surface area is 107 Å². The SMILES string of the molecule is CCNC(C)c1cccc(F)c1SCCCO. The first kappa shape index (κ1) is 14.5. The highest BCUT2D eigenvalue weighted by Gasteiger charge is 2.13. The van der Waals surface area contributed by atoms with Gasteiger partial charge in [0.15, 0.2) is 0 Å². The summed E-state index contributed by atoms with van der Waals surface area (Å²) in [5.74, 6) is 0.568. The van der Waals surface area contributed by atoms with Crippen LogP contribution in [0.25, 0.3) is 0 Å². The van der Waals surface area contributed by atoms with Crippen molar-refractivity contribution in [3.63, 3.8) is 0 Å². The fraction of sp³-hybridized carbons (Fsp3) is 0.538. The Kier molecular flexibility index (Phi) is 6.55. The van der Waals surface area contributed by atoms with Gasteiger partial charge in [-0.15, -0.1) is 11.8 Å². The van der Waals surface area contributed by atoms with Crippen LogP contribution in [0.2, 0.25) is 0 Å². The van der Waals surface area contributed by atoms with Crippen molar-refractivity contribution in [3.8, 4) is 0 Å². The Hall–Kier alpha value is -0.580. The van der Waals surface area contributed by atoms with Crippen molar-refractivity contribution in [2.75, 3.05) is 18.9 Å². The van der Waals surface area contributed by atoms with E-state index in [2.05, 4.69) is 5.32 Å². The maximum absolute atomic E-state index is 13.8. The molecule has 1 aromatic rings. The lowest BCUT2D eigenvalue weighted by atomic mass is 10.1. The van der Waals surface area contributed by atoms with E-state index in [4.69, 9.17) is 5.11 Å². The first-order chi connectivity index (χ1) is 8.20. The second-order valence-corrected chi connectivity index (χ2v) is 4.97. The van der Waals surface area contributed by atoms with E-state index in [1.807, 2.05) is 19.9 Å². The van der Waals surface area contributed by atoms with Gasteiger partial charge in [0.05, 0.1) is 0 Å². The summed E-state index contributed by atoms with van der Waals surface area (Å²) in [4.78, 5) is 0.703. The van der Waals surface area contributed by atoms with Crippen molar-refractivity contribution in [2.45, 2.75) is 31.2 Å². The Balaban J connectivity index is 2.83. The maximum Gasteiger partial charge on any atom is 0.137 e. The molecule has 0 saturated heterocycles. The summed E-state index contributed by atoms with van der Waals surface area (Å²) < 4.78 is 13.8. The molecular weight excluding hydrogens is 237 g/mol. The summed E-state index contributed by atoms with van der Waals surface area (Å²) in [6, 6.07) is 5.34. The van der Waals surface area contributed by atoms with Crippen LogP contribution in [0.5, 0.6) is 0 Å². The predicted octanol–water partition coefficient (Wildman–Crippen LogP) is 2.97. The molecule has 1 aromatic carbocycles. The quantitative estimate of drug-likeness (QED) is 0.582. The predicted molar refractivity (Wildman–Crippen MR) is 70.9 cm³/mol. The lowest BCUT2D eigenvalue weighted by Crippen LogP contribution is -2.18. The molecule has 0 aromatic heterocycles. The molecule has 17 heavy (non-hydrogen) atoms. The van der Waals surface area contributed by atoms with Crippen molar-refractivity contribution in [2.24, 2.45) is 0 Å². The maximum atomic E-state index is 13.8. The average molecular weight is 257 g/mol. The first-order valence-corrected chi connectivity index (χ1v) is 6.94. The minimum atomic E-state index is -0.171. The Morgan fingerprint density at radius 3 is 2.88 bits per heavy atom. The normalized spacial score (nSPS) is 12.7. The van der Waals surface area contributed by atoms with E-state index in [1.54, 1.807) is 6.07 Å². The molecule has 0 radical (unpaired) electrons. The lowest BCUT2D eigenvalue weighted by Gasteiger charge is -2.17. The van der Waals surface area contributed by atoms with Crippen LogP contribution in [0.1, 0.15) is 31.9 Å². The highest BCUT2D eigenvalue weighted by Crippen LogP contribution is 2.30. The van der Waals surface area contributed by atoms with Gasteiger partial charge in [-0.25, -0.2) is 4.39 Å². The Morgan fingerprint density at radius 1 is 1.47 bits per heavy atom. The molecule has 0 aliphatic carbocycles. The monoisotopic (exact) mass is 257 g/mol. The zero-order chi connectivity index (χ0) is 12.7. The van der Waals surface area contributed by atoms with Crippen molar-refractivity contribution < 1.29 is 9.50 Å². The number of aliphatic hydroxyl groups excluding tert-OH is 1. The van der Waals surface area contributed by atoms with Gasteiger partial charge >= 0.3 is 0 Å². The molecule has 0 aliphatic rings. The van der Waals surface area contributed by atoms with E-state index in [0.717, 1.165) is 17.9 Å². The molecule has 0 spiro atoms. The third-order valence-corrected chi connectivity index (χ3v) is 3.74.